The quantitative estimate of drug-likeness (QED) is 0.784. The number of aromatic nitrogens is 3. The van der Waals surface area contributed by atoms with E-state index in [2.05, 4.69) is 27.6 Å². The third-order valence-electron chi connectivity index (χ3n) is 2.68. The van der Waals surface area contributed by atoms with E-state index in [4.69, 9.17) is 0 Å². The third kappa shape index (κ3) is 2.48. The Balaban J connectivity index is 1.91. The SMILES string of the molecule is Cc1nc(NC(=O)CC2C=CCC2)n(C)n1. The molecule has 1 heterocycles. The van der Waals surface area contributed by atoms with E-state index in [0.717, 1.165) is 12.8 Å². The minimum Gasteiger partial charge on any atom is -0.295 e. The fourth-order valence-corrected chi connectivity index (χ4v) is 1.90. The van der Waals surface area contributed by atoms with Gasteiger partial charge in [-0.1, -0.05) is 12.2 Å². The molecule has 0 aliphatic heterocycles. The van der Waals surface area contributed by atoms with Gasteiger partial charge in [0.05, 0.1) is 0 Å². The lowest BCUT2D eigenvalue weighted by molar-refractivity contribution is -0.116. The molecular weight excluding hydrogens is 204 g/mol. The summed E-state index contributed by atoms with van der Waals surface area (Å²) in [5.41, 5.74) is 0. The first-order chi connectivity index (χ1) is 7.65. The van der Waals surface area contributed by atoms with E-state index in [1.807, 2.05) is 0 Å². The highest BCUT2D eigenvalue weighted by atomic mass is 16.1. The molecule has 1 unspecified atom stereocenters. The highest BCUT2D eigenvalue weighted by Gasteiger charge is 2.15. The molecule has 0 saturated carbocycles. The Labute approximate surface area is 94.6 Å². The number of aryl methyl sites for hydroxylation is 2. The summed E-state index contributed by atoms with van der Waals surface area (Å²) in [6.45, 7) is 1.80. The topological polar surface area (TPSA) is 59.8 Å². The second kappa shape index (κ2) is 4.47. The second-order valence-corrected chi connectivity index (χ2v) is 4.12. The normalized spacial score (nSPS) is 19.0. The van der Waals surface area contributed by atoms with E-state index in [1.54, 1.807) is 18.7 Å². The van der Waals surface area contributed by atoms with Crippen molar-refractivity contribution < 1.29 is 4.79 Å². The van der Waals surface area contributed by atoms with E-state index < -0.39 is 0 Å². The van der Waals surface area contributed by atoms with Gasteiger partial charge in [-0.15, -0.1) is 0 Å². The summed E-state index contributed by atoms with van der Waals surface area (Å²) in [6, 6.07) is 0. The van der Waals surface area contributed by atoms with Gasteiger partial charge in [0.25, 0.3) is 0 Å². The molecule has 5 heteroatoms. The fourth-order valence-electron chi connectivity index (χ4n) is 1.90. The summed E-state index contributed by atoms with van der Waals surface area (Å²) in [5, 5.41) is 6.85. The average molecular weight is 220 g/mol. The molecule has 1 N–H and O–H groups in total. The Morgan fingerprint density at radius 2 is 2.50 bits per heavy atom. The first-order valence-corrected chi connectivity index (χ1v) is 5.49. The molecule has 86 valence electrons. The van der Waals surface area contributed by atoms with Crippen LogP contribution < -0.4 is 5.32 Å². The van der Waals surface area contributed by atoms with Crippen LogP contribution in [0, 0.1) is 12.8 Å². The zero-order valence-corrected chi connectivity index (χ0v) is 9.60. The Morgan fingerprint density at radius 1 is 1.69 bits per heavy atom. The molecule has 0 aromatic carbocycles. The monoisotopic (exact) mass is 220 g/mol. The van der Waals surface area contributed by atoms with Gasteiger partial charge in [-0.2, -0.15) is 10.1 Å². The van der Waals surface area contributed by atoms with Gasteiger partial charge in [-0.3, -0.25) is 10.1 Å². The van der Waals surface area contributed by atoms with E-state index in [-0.39, 0.29) is 5.91 Å². The van der Waals surface area contributed by atoms with E-state index in [1.165, 1.54) is 0 Å². The van der Waals surface area contributed by atoms with E-state index in [9.17, 15) is 4.79 Å². The summed E-state index contributed by atoms with van der Waals surface area (Å²) >= 11 is 0. The van der Waals surface area contributed by atoms with Crippen molar-refractivity contribution in [2.45, 2.75) is 26.2 Å². The molecule has 0 saturated heterocycles. The van der Waals surface area contributed by atoms with Crippen molar-refractivity contribution in [3.05, 3.63) is 18.0 Å². The maximum atomic E-state index is 11.7. The molecule has 1 aliphatic carbocycles. The van der Waals surface area contributed by atoms with E-state index >= 15 is 0 Å². The molecule has 0 radical (unpaired) electrons. The van der Waals surface area contributed by atoms with Gasteiger partial charge in [-0.05, 0) is 25.7 Å². The van der Waals surface area contributed by atoms with Crippen LogP contribution in [-0.2, 0) is 11.8 Å². The number of anilines is 1. The number of rotatable bonds is 3. The Morgan fingerprint density at radius 3 is 3.06 bits per heavy atom. The van der Waals surface area contributed by atoms with Gasteiger partial charge in [0.15, 0.2) is 0 Å². The van der Waals surface area contributed by atoms with Crippen molar-refractivity contribution in [3.63, 3.8) is 0 Å². The van der Waals surface area contributed by atoms with E-state index in [0.29, 0.717) is 24.1 Å². The number of nitrogens with one attached hydrogen (secondary N) is 1. The van der Waals surface area contributed by atoms with Crippen molar-refractivity contribution in [1.29, 1.82) is 0 Å². The summed E-state index contributed by atoms with van der Waals surface area (Å²) in [7, 11) is 1.77. The first-order valence-electron chi connectivity index (χ1n) is 5.49. The van der Waals surface area contributed by atoms with Crippen LogP contribution in [0.25, 0.3) is 0 Å². The molecule has 1 aliphatic rings. The first kappa shape index (κ1) is 10.9. The maximum absolute atomic E-state index is 11.7. The number of carbonyl (C=O) groups is 1. The lowest BCUT2D eigenvalue weighted by atomic mass is 10.1. The second-order valence-electron chi connectivity index (χ2n) is 4.12. The third-order valence-corrected chi connectivity index (χ3v) is 2.68. The van der Waals surface area contributed by atoms with Gasteiger partial charge in [-0.25, -0.2) is 4.68 Å². The summed E-state index contributed by atoms with van der Waals surface area (Å²) in [4.78, 5) is 15.8. The van der Waals surface area contributed by atoms with Crippen LogP contribution in [0.15, 0.2) is 12.2 Å². The summed E-state index contributed by atoms with van der Waals surface area (Å²) in [5.74, 6) is 1.57. The molecule has 0 spiro atoms. The molecule has 2 rings (SSSR count). The van der Waals surface area contributed by atoms with Crippen LogP contribution in [-0.4, -0.2) is 20.7 Å². The smallest absolute Gasteiger partial charge is 0.227 e. The Kier molecular flexibility index (Phi) is 3.03. The van der Waals surface area contributed by atoms with Crippen LogP contribution in [0.3, 0.4) is 0 Å². The molecular formula is C11H16N4O. The molecule has 1 aromatic rings. The number of carbonyl (C=O) groups excluding carboxylic acids is 1. The van der Waals surface area contributed by atoms with Gasteiger partial charge in [0.1, 0.15) is 5.82 Å². The van der Waals surface area contributed by atoms with Crippen LogP contribution in [0.4, 0.5) is 5.95 Å². The van der Waals surface area contributed by atoms with Crippen molar-refractivity contribution in [2.75, 3.05) is 5.32 Å². The lowest BCUT2D eigenvalue weighted by Crippen LogP contribution is -2.17. The van der Waals surface area contributed by atoms with Crippen molar-refractivity contribution in [3.8, 4) is 0 Å². The van der Waals surface area contributed by atoms with Crippen molar-refractivity contribution in [2.24, 2.45) is 13.0 Å². The minimum absolute atomic E-state index is 0.00653. The van der Waals surface area contributed by atoms with Crippen LogP contribution in [0.5, 0.6) is 0 Å². The zero-order valence-electron chi connectivity index (χ0n) is 9.60. The molecule has 0 bridgehead atoms. The molecule has 1 atom stereocenters. The lowest BCUT2D eigenvalue weighted by Gasteiger charge is -2.07. The Bertz CT molecular complexity index is 422. The number of amides is 1. The van der Waals surface area contributed by atoms with Crippen molar-refractivity contribution in [1.82, 2.24) is 14.8 Å². The highest BCUT2D eigenvalue weighted by molar-refractivity contribution is 5.89. The Hall–Kier alpha value is -1.65. The number of hydrogen-bond acceptors (Lipinski definition) is 3. The summed E-state index contributed by atoms with van der Waals surface area (Å²) < 4.78 is 1.58. The largest absolute Gasteiger partial charge is 0.295 e. The maximum Gasteiger partial charge on any atom is 0.227 e. The molecule has 1 amide bonds. The van der Waals surface area contributed by atoms with Gasteiger partial charge >= 0.3 is 0 Å². The fraction of sp³-hybridized carbons (Fsp3) is 0.545. The van der Waals surface area contributed by atoms with Crippen LogP contribution in [0.1, 0.15) is 25.1 Å². The van der Waals surface area contributed by atoms with Gasteiger partial charge < -0.3 is 0 Å². The minimum atomic E-state index is 0.00653. The molecule has 5 nitrogen and oxygen atoms in total. The standard InChI is InChI=1S/C11H16N4O/c1-8-12-11(15(2)14-8)13-10(16)7-9-5-3-4-6-9/h3,5,9H,4,6-7H2,1-2H3,(H,12,13,14,16). The number of allylic oxidation sites excluding steroid dienone is 2. The van der Waals surface area contributed by atoms with Gasteiger partial charge in [0.2, 0.25) is 11.9 Å². The van der Waals surface area contributed by atoms with Crippen LogP contribution >= 0.6 is 0 Å². The zero-order chi connectivity index (χ0) is 11.5. The number of hydrogen-bond donors (Lipinski definition) is 1. The highest BCUT2D eigenvalue weighted by Crippen LogP contribution is 2.20. The average Bonchev–Trinajstić information content (AvgIpc) is 2.78. The molecule has 1 aromatic heterocycles. The van der Waals surface area contributed by atoms with Gasteiger partial charge in [0, 0.05) is 13.5 Å². The van der Waals surface area contributed by atoms with Crippen LogP contribution in [0.2, 0.25) is 0 Å². The molecule has 16 heavy (non-hydrogen) atoms. The predicted octanol–water partition coefficient (Wildman–Crippen LogP) is 1.42. The molecule has 0 fully saturated rings. The van der Waals surface area contributed by atoms with Crippen molar-refractivity contribution >= 4 is 11.9 Å². The summed E-state index contributed by atoms with van der Waals surface area (Å²) in [6.07, 6.45) is 6.93. The number of nitrogens with zero attached hydrogens (tertiary/aromatic N) is 3. The predicted molar refractivity (Wildman–Crippen MR) is 60.9 cm³/mol.